The van der Waals surface area contributed by atoms with E-state index < -0.39 is 22.1 Å². The number of nitro groups is 1. The van der Waals surface area contributed by atoms with Crippen LogP contribution in [0.4, 0.5) is 5.69 Å². The van der Waals surface area contributed by atoms with Gasteiger partial charge >= 0.3 is 5.69 Å². The number of phenolic OH excluding ortho intramolecular Hbond substituents is 2. The molecule has 0 bridgehead atoms. The van der Waals surface area contributed by atoms with Crippen molar-refractivity contribution in [3.8, 4) is 11.5 Å². The van der Waals surface area contributed by atoms with E-state index in [0.29, 0.717) is 6.54 Å². The zero-order valence-corrected chi connectivity index (χ0v) is 11.6. The highest BCUT2D eigenvalue weighted by molar-refractivity contribution is 5.97. The van der Waals surface area contributed by atoms with E-state index >= 15 is 0 Å². The van der Waals surface area contributed by atoms with E-state index in [-0.39, 0.29) is 17.8 Å². The van der Waals surface area contributed by atoms with Crippen molar-refractivity contribution in [2.45, 2.75) is 25.7 Å². The third-order valence-electron chi connectivity index (χ3n) is 3.69. The summed E-state index contributed by atoms with van der Waals surface area (Å²) in [5, 5.41) is 29.6. The molecule has 1 aromatic carbocycles. The van der Waals surface area contributed by atoms with Crippen LogP contribution in [-0.4, -0.2) is 45.5 Å². The van der Waals surface area contributed by atoms with Gasteiger partial charge in [-0.25, -0.2) is 0 Å². The number of nitro benzene ring substituents is 1. The van der Waals surface area contributed by atoms with Gasteiger partial charge in [-0.1, -0.05) is 6.42 Å². The maximum absolute atomic E-state index is 12.1. The first-order chi connectivity index (χ1) is 9.99. The standard InChI is InChI=1S/C14H18N2O5/c17-12(4-7-15-5-2-1-3-6-15)10-8-11(16(20)21)14(19)13(18)9-10/h8-9,18-19H,1-7H2. The normalized spacial score (nSPS) is 15.8. The Morgan fingerprint density at radius 2 is 1.90 bits per heavy atom. The van der Waals surface area contributed by atoms with E-state index in [9.17, 15) is 25.1 Å². The van der Waals surface area contributed by atoms with Gasteiger partial charge in [0.05, 0.1) is 4.92 Å². The Kier molecular flexibility index (Phi) is 4.74. The lowest BCUT2D eigenvalue weighted by atomic mass is 10.1. The smallest absolute Gasteiger partial charge is 0.315 e. The maximum Gasteiger partial charge on any atom is 0.315 e. The molecule has 1 heterocycles. The molecule has 0 aliphatic carbocycles. The topological polar surface area (TPSA) is 104 Å². The Hall–Kier alpha value is -2.15. The molecule has 1 aliphatic rings. The van der Waals surface area contributed by atoms with Gasteiger partial charge in [0.25, 0.3) is 0 Å². The number of likely N-dealkylation sites (tertiary alicyclic amines) is 1. The fraction of sp³-hybridized carbons (Fsp3) is 0.500. The first-order valence-electron chi connectivity index (χ1n) is 6.95. The van der Waals surface area contributed by atoms with Crippen LogP contribution in [0.25, 0.3) is 0 Å². The Morgan fingerprint density at radius 1 is 1.24 bits per heavy atom. The van der Waals surface area contributed by atoms with Crippen LogP contribution < -0.4 is 0 Å². The van der Waals surface area contributed by atoms with Gasteiger partial charge in [0.1, 0.15) is 0 Å². The molecular weight excluding hydrogens is 276 g/mol. The van der Waals surface area contributed by atoms with Crippen LogP contribution in [0.3, 0.4) is 0 Å². The molecule has 0 saturated carbocycles. The summed E-state index contributed by atoms with van der Waals surface area (Å²) in [7, 11) is 0. The number of rotatable bonds is 5. The number of hydrogen-bond acceptors (Lipinski definition) is 6. The minimum atomic E-state index is -0.823. The number of aromatic hydroxyl groups is 2. The monoisotopic (exact) mass is 294 g/mol. The van der Waals surface area contributed by atoms with Gasteiger partial charge in [0, 0.05) is 24.6 Å². The fourth-order valence-electron chi connectivity index (χ4n) is 2.49. The minimum absolute atomic E-state index is 0.0500. The van der Waals surface area contributed by atoms with Crippen LogP contribution in [0, 0.1) is 10.1 Å². The van der Waals surface area contributed by atoms with Gasteiger partial charge in [-0.05, 0) is 32.0 Å². The van der Waals surface area contributed by atoms with Gasteiger partial charge in [-0.3, -0.25) is 14.9 Å². The molecule has 0 radical (unpaired) electrons. The summed E-state index contributed by atoms with van der Waals surface area (Å²) in [5.74, 6) is -1.74. The molecule has 1 fully saturated rings. The number of ketones is 1. The summed E-state index contributed by atoms with van der Waals surface area (Å²) < 4.78 is 0. The second-order valence-corrected chi connectivity index (χ2v) is 5.20. The third-order valence-corrected chi connectivity index (χ3v) is 3.69. The van der Waals surface area contributed by atoms with Crippen molar-refractivity contribution in [1.29, 1.82) is 0 Å². The molecule has 7 heteroatoms. The first kappa shape index (κ1) is 15.2. The lowest BCUT2D eigenvalue weighted by Gasteiger charge is -2.25. The summed E-state index contributed by atoms with van der Waals surface area (Å²) in [6.07, 6.45) is 3.70. The number of hydrogen-bond donors (Lipinski definition) is 2. The molecule has 21 heavy (non-hydrogen) atoms. The van der Waals surface area contributed by atoms with Crippen LogP contribution >= 0.6 is 0 Å². The predicted molar refractivity (Wildman–Crippen MR) is 75.7 cm³/mol. The molecule has 1 saturated heterocycles. The largest absolute Gasteiger partial charge is 0.504 e. The Balaban J connectivity index is 2.06. The molecule has 0 aromatic heterocycles. The number of nitrogens with zero attached hydrogens (tertiary/aromatic N) is 2. The summed E-state index contributed by atoms with van der Waals surface area (Å²) in [6.45, 7) is 2.54. The van der Waals surface area contributed by atoms with E-state index in [1.54, 1.807) is 0 Å². The molecule has 0 spiro atoms. The summed E-state index contributed by atoms with van der Waals surface area (Å²) >= 11 is 0. The average molecular weight is 294 g/mol. The zero-order chi connectivity index (χ0) is 15.4. The Morgan fingerprint density at radius 3 is 2.52 bits per heavy atom. The molecular formula is C14H18N2O5. The van der Waals surface area contributed by atoms with Gasteiger partial charge in [-0.2, -0.15) is 0 Å². The van der Waals surface area contributed by atoms with Crippen LogP contribution in [0.2, 0.25) is 0 Å². The third kappa shape index (κ3) is 3.69. The van der Waals surface area contributed by atoms with Crippen molar-refractivity contribution in [2.24, 2.45) is 0 Å². The number of benzene rings is 1. The fourth-order valence-corrected chi connectivity index (χ4v) is 2.49. The van der Waals surface area contributed by atoms with Crippen LogP contribution in [0.1, 0.15) is 36.0 Å². The Bertz CT molecular complexity index is 553. The van der Waals surface area contributed by atoms with Crippen molar-refractivity contribution in [1.82, 2.24) is 4.90 Å². The van der Waals surface area contributed by atoms with Gasteiger partial charge in [0.2, 0.25) is 5.75 Å². The summed E-state index contributed by atoms with van der Waals surface area (Å²) in [6, 6.07) is 2.08. The number of carbonyl (C=O) groups excluding carboxylic acids is 1. The van der Waals surface area contributed by atoms with E-state index in [1.807, 2.05) is 0 Å². The highest BCUT2D eigenvalue weighted by atomic mass is 16.6. The molecule has 1 aliphatic heterocycles. The van der Waals surface area contributed by atoms with E-state index in [4.69, 9.17) is 0 Å². The lowest BCUT2D eigenvalue weighted by Crippen LogP contribution is -2.31. The van der Waals surface area contributed by atoms with Crippen LogP contribution in [0.5, 0.6) is 11.5 Å². The van der Waals surface area contributed by atoms with Crippen molar-refractivity contribution in [2.75, 3.05) is 19.6 Å². The molecule has 0 amide bonds. The van der Waals surface area contributed by atoms with E-state index in [2.05, 4.69) is 4.90 Å². The molecule has 0 atom stereocenters. The summed E-state index contributed by atoms with van der Waals surface area (Å²) in [4.78, 5) is 24.2. The SMILES string of the molecule is O=C(CCN1CCCCC1)c1cc(O)c(O)c([N+](=O)[O-])c1. The molecule has 2 rings (SSSR count). The van der Waals surface area contributed by atoms with Crippen LogP contribution in [-0.2, 0) is 0 Å². The van der Waals surface area contributed by atoms with Crippen molar-refractivity contribution in [3.63, 3.8) is 0 Å². The zero-order valence-electron chi connectivity index (χ0n) is 11.6. The predicted octanol–water partition coefficient (Wildman–Crippen LogP) is 2.06. The average Bonchev–Trinajstić information content (AvgIpc) is 2.48. The second-order valence-electron chi connectivity index (χ2n) is 5.20. The van der Waals surface area contributed by atoms with Crippen molar-refractivity contribution >= 4 is 11.5 Å². The highest BCUT2D eigenvalue weighted by Gasteiger charge is 2.22. The number of carbonyl (C=O) groups is 1. The van der Waals surface area contributed by atoms with Gasteiger partial charge in [-0.15, -0.1) is 0 Å². The van der Waals surface area contributed by atoms with E-state index in [1.165, 1.54) is 6.42 Å². The quantitative estimate of drug-likeness (QED) is 0.373. The molecule has 114 valence electrons. The van der Waals surface area contributed by atoms with Crippen molar-refractivity contribution < 1.29 is 19.9 Å². The van der Waals surface area contributed by atoms with Crippen LogP contribution in [0.15, 0.2) is 12.1 Å². The molecule has 7 nitrogen and oxygen atoms in total. The lowest BCUT2D eigenvalue weighted by molar-refractivity contribution is -0.386. The molecule has 0 unspecified atom stereocenters. The highest BCUT2D eigenvalue weighted by Crippen LogP contribution is 2.36. The molecule has 1 aromatic rings. The van der Waals surface area contributed by atoms with Gasteiger partial charge in [0.15, 0.2) is 11.5 Å². The minimum Gasteiger partial charge on any atom is -0.504 e. The number of Topliss-reactive ketones (excluding diaryl/α,β-unsaturated/α-hetero) is 1. The van der Waals surface area contributed by atoms with Crippen molar-refractivity contribution in [3.05, 3.63) is 27.8 Å². The summed E-state index contributed by atoms with van der Waals surface area (Å²) in [5.41, 5.74) is -0.606. The van der Waals surface area contributed by atoms with E-state index in [0.717, 1.165) is 38.1 Å². The number of piperidine rings is 1. The molecule has 2 N–H and O–H groups in total. The van der Waals surface area contributed by atoms with Gasteiger partial charge < -0.3 is 15.1 Å². The second kappa shape index (κ2) is 6.53. The number of phenols is 2. The maximum atomic E-state index is 12.1. The Labute approximate surface area is 122 Å². The first-order valence-corrected chi connectivity index (χ1v) is 6.95.